The van der Waals surface area contributed by atoms with Crippen molar-refractivity contribution >= 4 is 27.0 Å². The van der Waals surface area contributed by atoms with Gasteiger partial charge < -0.3 is 4.98 Å². The average molecular weight is 350 g/mol. The second kappa shape index (κ2) is 5.98. The van der Waals surface area contributed by atoms with E-state index in [0.29, 0.717) is 11.3 Å². The molecule has 1 heterocycles. The number of anilines is 1. The summed E-state index contributed by atoms with van der Waals surface area (Å²) < 4.78 is 40.1. The Balaban J connectivity index is 1.94. The molecule has 0 aliphatic heterocycles. The van der Waals surface area contributed by atoms with Crippen LogP contribution in [0.5, 0.6) is 0 Å². The van der Waals surface area contributed by atoms with Crippen LogP contribution in [-0.4, -0.2) is 13.4 Å². The summed E-state index contributed by atoms with van der Waals surface area (Å²) in [7, 11) is -3.81. The average Bonchev–Trinajstić information content (AvgIpc) is 2.96. The van der Waals surface area contributed by atoms with E-state index in [9.17, 15) is 17.6 Å². The Kier molecular flexibility index (Phi) is 4.01. The number of thiazole rings is 1. The molecular formula is C15H11FN2O3S2. The highest BCUT2D eigenvalue weighted by molar-refractivity contribution is 7.92. The van der Waals surface area contributed by atoms with Gasteiger partial charge in [0.25, 0.3) is 10.0 Å². The smallest absolute Gasteiger partial charge is 0.304 e. The van der Waals surface area contributed by atoms with Gasteiger partial charge in [-0.2, -0.15) is 0 Å². The molecule has 0 saturated heterocycles. The van der Waals surface area contributed by atoms with Crippen molar-refractivity contribution < 1.29 is 12.8 Å². The topological polar surface area (TPSA) is 79.0 Å². The van der Waals surface area contributed by atoms with Gasteiger partial charge in [-0.05, 0) is 36.4 Å². The van der Waals surface area contributed by atoms with Gasteiger partial charge in [-0.1, -0.05) is 23.5 Å². The van der Waals surface area contributed by atoms with E-state index in [0.717, 1.165) is 11.3 Å². The number of nitrogens with one attached hydrogen (secondary N) is 2. The summed E-state index contributed by atoms with van der Waals surface area (Å²) in [6.45, 7) is 0. The number of rotatable bonds is 4. The molecule has 118 valence electrons. The third-order valence-electron chi connectivity index (χ3n) is 3.07. The third-order valence-corrected chi connectivity index (χ3v) is 5.12. The Hall–Kier alpha value is -2.45. The summed E-state index contributed by atoms with van der Waals surface area (Å²) in [6.07, 6.45) is 0. The normalized spacial score (nSPS) is 11.3. The van der Waals surface area contributed by atoms with E-state index in [2.05, 4.69) is 9.71 Å². The number of aromatic amines is 1. The molecule has 0 bridgehead atoms. The van der Waals surface area contributed by atoms with Gasteiger partial charge in [-0.15, -0.1) is 0 Å². The van der Waals surface area contributed by atoms with Crippen LogP contribution < -0.4 is 9.60 Å². The predicted octanol–water partition coefficient (Wildman–Crippen LogP) is 3.04. The minimum Gasteiger partial charge on any atom is -0.312 e. The van der Waals surface area contributed by atoms with Crippen LogP contribution in [-0.2, 0) is 10.0 Å². The molecule has 0 spiro atoms. The summed E-state index contributed by atoms with van der Waals surface area (Å²) in [6, 6.07) is 11.2. The molecule has 0 fully saturated rings. The molecule has 3 rings (SSSR count). The maximum absolute atomic E-state index is 12.9. The van der Waals surface area contributed by atoms with Crippen molar-refractivity contribution in [2.45, 2.75) is 4.90 Å². The zero-order valence-electron chi connectivity index (χ0n) is 11.6. The maximum Gasteiger partial charge on any atom is 0.304 e. The Bertz CT molecular complexity index is 992. The largest absolute Gasteiger partial charge is 0.312 e. The fraction of sp³-hybridized carbons (Fsp3) is 0. The Morgan fingerprint density at radius 2 is 1.83 bits per heavy atom. The van der Waals surface area contributed by atoms with Crippen LogP contribution in [0.15, 0.2) is 63.6 Å². The summed E-state index contributed by atoms with van der Waals surface area (Å²) in [5.41, 5.74) is 1.41. The zero-order valence-corrected chi connectivity index (χ0v) is 13.2. The molecule has 1 aromatic heterocycles. The molecule has 0 saturated carbocycles. The van der Waals surface area contributed by atoms with Gasteiger partial charge in [0.1, 0.15) is 5.82 Å². The lowest BCUT2D eigenvalue weighted by Crippen LogP contribution is -2.13. The first-order valence-corrected chi connectivity index (χ1v) is 8.87. The van der Waals surface area contributed by atoms with E-state index in [1.165, 1.54) is 36.4 Å². The first-order valence-electron chi connectivity index (χ1n) is 6.51. The number of hydrogen-bond donors (Lipinski definition) is 2. The van der Waals surface area contributed by atoms with Crippen LogP contribution in [0.3, 0.4) is 0 Å². The van der Waals surface area contributed by atoms with Crippen LogP contribution in [0.4, 0.5) is 10.1 Å². The molecule has 0 aliphatic carbocycles. The minimum atomic E-state index is -3.81. The lowest BCUT2D eigenvalue weighted by atomic mass is 10.2. The van der Waals surface area contributed by atoms with Gasteiger partial charge in [0, 0.05) is 16.6 Å². The molecule has 0 unspecified atom stereocenters. The molecule has 5 nitrogen and oxygen atoms in total. The number of H-pyrrole nitrogens is 1. The molecule has 0 amide bonds. The van der Waals surface area contributed by atoms with Gasteiger partial charge in [0.05, 0.1) is 10.6 Å². The molecule has 23 heavy (non-hydrogen) atoms. The fourth-order valence-electron chi connectivity index (χ4n) is 1.98. The second-order valence-corrected chi connectivity index (χ2v) is 7.23. The van der Waals surface area contributed by atoms with Gasteiger partial charge >= 0.3 is 4.87 Å². The minimum absolute atomic E-state index is 0.0476. The monoisotopic (exact) mass is 350 g/mol. The van der Waals surface area contributed by atoms with Gasteiger partial charge in [-0.25, -0.2) is 12.8 Å². The molecule has 8 heteroatoms. The van der Waals surface area contributed by atoms with E-state index in [4.69, 9.17) is 0 Å². The van der Waals surface area contributed by atoms with E-state index >= 15 is 0 Å². The van der Waals surface area contributed by atoms with Crippen LogP contribution >= 0.6 is 11.3 Å². The van der Waals surface area contributed by atoms with Crippen LogP contribution in [0.2, 0.25) is 0 Å². The maximum atomic E-state index is 12.9. The SMILES string of the molecule is O=c1[nH]c(-c2cccc(S(=O)(=O)Nc3ccc(F)cc3)c2)cs1. The summed E-state index contributed by atoms with van der Waals surface area (Å²) in [5.74, 6) is -0.448. The molecule has 2 N–H and O–H groups in total. The van der Waals surface area contributed by atoms with E-state index in [1.54, 1.807) is 17.5 Å². The first-order chi connectivity index (χ1) is 10.9. The molecule has 0 atom stereocenters. The van der Waals surface area contributed by atoms with E-state index in [1.807, 2.05) is 0 Å². The standard InChI is InChI=1S/C15H11FN2O3S2/c16-11-4-6-12(7-5-11)18-23(20,21)13-3-1-2-10(8-13)14-9-22-15(19)17-14/h1-9,18H,(H,17,19). The fourth-order valence-corrected chi connectivity index (χ4v) is 3.68. The van der Waals surface area contributed by atoms with Gasteiger partial charge in [-0.3, -0.25) is 9.52 Å². The number of aromatic nitrogens is 1. The molecule has 3 aromatic rings. The number of halogens is 1. The van der Waals surface area contributed by atoms with Gasteiger partial charge in [0.15, 0.2) is 0 Å². The number of hydrogen-bond acceptors (Lipinski definition) is 4. The summed E-state index contributed by atoms with van der Waals surface area (Å²) >= 11 is 1.00. The second-order valence-electron chi connectivity index (χ2n) is 4.70. The van der Waals surface area contributed by atoms with Crippen LogP contribution in [0.25, 0.3) is 11.3 Å². The molecule has 0 aliphatic rings. The molecular weight excluding hydrogens is 339 g/mol. The van der Waals surface area contributed by atoms with Crippen molar-refractivity contribution in [1.82, 2.24) is 4.98 Å². The highest BCUT2D eigenvalue weighted by Crippen LogP contribution is 2.22. The zero-order chi connectivity index (χ0) is 16.4. The van der Waals surface area contributed by atoms with Crippen molar-refractivity contribution in [2.75, 3.05) is 4.72 Å². The predicted molar refractivity (Wildman–Crippen MR) is 87.6 cm³/mol. The van der Waals surface area contributed by atoms with Crippen molar-refractivity contribution in [1.29, 1.82) is 0 Å². The highest BCUT2D eigenvalue weighted by Gasteiger charge is 2.15. The van der Waals surface area contributed by atoms with Gasteiger partial charge in [0.2, 0.25) is 0 Å². The van der Waals surface area contributed by atoms with Crippen molar-refractivity contribution in [3.8, 4) is 11.3 Å². The summed E-state index contributed by atoms with van der Waals surface area (Å²) in [5, 5.41) is 1.63. The third kappa shape index (κ3) is 3.49. The van der Waals surface area contributed by atoms with E-state index < -0.39 is 15.8 Å². The first kappa shape index (κ1) is 15.4. The number of sulfonamides is 1. The molecule has 0 radical (unpaired) electrons. The van der Waals surface area contributed by atoms with E-state index in [-0.39, 0.29) is 15.5 Å². The molecule has 2 aromatic carbocycles. The van der Waals surface area contributed by atoms with Crippen molar-refractivity contribution in [3.63, 3.8) is 0 Å². The van der Waals surface area contributed by atoms with Crippen LogP contribution in [0, 0.1) is 5.82 Å². The Morgan fingerprint density at radius 1 is 1.09 bits per heavy atom. The lowest BCUT2D eigenvalue weighted by Gasteiger charge is -2.09. The lowest BCUT2D eigenvalue weighted by molar-refractivity contribution is 0.601. The quantitative estimate of drug-likeness (QED) is 0.759. The summed E-state index contributed by atoms with van der Waals surface area (Å²) in [4.78, 5) is 13.7. The Morgan fingerprint density at radius 3 is 2.48 bits per heavy atom. The van der Waals surface area contributed by atoms with Crippen molar-refractivity contribution in [3.05, 3.63) is 69.4 Å². The number of benzene rings is 2. The van der Waals surface area contributed by atoms with Crippen LogP contribution in [0.1, 0.15) is 0 Å². The Labute approximate surface area is 135 Å². The highest BCUT2D eigenvalue weighted by atomic mass is 32.2. The van der Waals surface area contributed by atoms with Crippen molar-refractivity contribution in [2.24, 2.45) is 0 Å².